The highest BCUT2D eigenvalue weighted by Gasteiger charge is 2.42. The van der Waals surface area contributed by atoms with Crippen LogP contribution in [0.1, 0.15) is 43.7 Å². The predicted molar refractivity (Wildman–Crippen MR) is 125 cm³/mol. The van der Waals surface area contributed by atoms with Crippen molar-refractivity contribution in [1.82, 2.24) is 10.2 Å². The van der Waals surface area contributed by atoms with Crippen LogP contribution < -0.4 is 5.32 Å². The molecule has 0 saturated carbocycles. The van der Waals surface area contributed by atoms with Gasteiger partial charge in [-0.15, -0.1) is 0 Å². The number of amides is 2. The van der Waals surface area contributed by atoms with E-state index < -0.39 is 36.2 Å². The summed E-state index contributed by atoms with van der Waals surface area (Å²) in [5.74, 6) is -2.05. The van der Waals surface area contributed by atoms with Crippen molar-refractivity contribution in [3.05, 3.63) is 59.7 Å². The molecule has 0 aromatic heterocycles. The Kier molecular flexibility index (Phi) is 6.88. The van der Waals surface area contributed by atoms with Gasteiger partial charge >= 0.3 is 12.1 Å². The van der Waals surface area contributed by atoms with E-state index >= 15 is 0 Å². The first-order chi connectivity index (χ1) is 16.3. The lowest BCUT2D eigenvalue weighted by atomic mass is 9.97. The quantitative estimate of drug-likeness (QED) is 0.578. The smallest absolute Gasteiger partial charge is 0.407 e. The molecule has 1 aliphatic heterocycles. The number of carbonyl (C=O) groups excluding carboxylic acids is 2. The molecule has 1 fully saturated rings. The van der Waals surface area contributed by atoms with Crippen molar-refractivity contribution in [3.63, 3.8) is 0 Å². The Hall–Kier alpha value is -3.39. The van der Waals surface area contributed by atoms with Gasteiger partial charge in [0.15, 0.2) is 0 Å². The summed E-state index contributed by atoms with van der Waals surface area (Å²) in [6.07, 6.45) is -1.07. The number of β-amino-alcohol motifs (C(OH)–C–C–N with tert-alkyl or cyclic N) is 1. The van der Waals surface area contributed by atoms with Crippen molar-refractivity contribution in [2.45, 2.75) is 50.8 Å². The Labute approximate surface area is 198 Å². The number of fused-ring (bicyclic) bond motifs is 3. The van der Waals surface area contributed by atoms with E-state index in [2.05, 4.69) is 17.4 Å². The first-order valence-corrected chi connectivity index (χ1v) is 11.6. The highest BCUT2D eigenvalue weighted by molar-refractivity contribution is 5.90. The number of aliphatic carboxylic acids is 1. The van der Waals surface area contributed by atoms with Gasteiger partial charge in [-0.2, -0.15) is 0 Å². The van der Waals surface area contributed by atoms with E-state index in [1.807, 2.05) is 50.2 Å². The van der Waals surface area contributed by atoms with E-state index in [9.17, 15) is 24.6 Å². The van der Waals surface area contributed by atoms with E-state index in [0.717, 1.165) is 27.2 Å². The van der Waals surface area contributed by atoms with E-state index in [0.29, 0.717) is 6.42 Å². The molecular weight excluding hydrogens is 436 g/mol. The third-order valence-electron chi connectivity index (χ3n) is 6.94. The van der Waals surface area contributed by atoms with Gasteiger partial charge in [0.05, 0.1) is 6.10 Å². The predicted octanol–water partition coefficient (Wildman–Crippen LogP) is 2.99. The van der Waals surface area contributed by atoms with Crippen LogP contribution in [0.4, 0.5) is 4.79 Å². The fourth-order valence-corrected chi connectivity index (χ4v) is 4.92. The lowest BCUT2D eigenvalue weighted by Gasteiger charge is -2.30. The number of aliphatic hydroxyl groups excluding tert-OH is 1. The summed E-state index contributed by atoms with van der Waals surface area (Å²) < 4.78 is 5.59. The second-order valence-electron chi connectivity index (χ2n) is 9.07. The normalized spacial score (nSPS) is 20.9. The minimum atomic E-state index is -1.17. The Morgan fingerprint density at radius 2 is 1.68 bits per heavy atom. The average molecular weight is 467 g/mol. The number of carboxylic acid groups (broad SMARTS) is 1. The van der Waals surface area contributed by atoms with Crippen molar-refractivity contribution in [1.29, 1.82) is 0 Å². The van der Waals surface area contributed by atoms with Crippen molar-refractivity contribution in [2.24, 2.45) is 5.92 Å². The lowest BCUT2D eigenvalue weighted by Crippen LogP contribution is -2.54. The van der Waals surface area contributed by atoms with Gasteiger partial charge in [-0.3, -0.25) is 4.79 Å². The molecule has 34 heavy (non-hydrogen) atoms. The van der Waals surface area contributed by atoms with Crippen LogP contribution in [0.5, 0.6) is 0 Å². The van der Waals surface area contributed by atoms with Gasteiger partial charge in [0.25, 0.3) is 0 Å². The third-order valence-corrected chi connectivity index (χ3v) is 6.94. The molecule has 2 aliphatic rings. The molecule has 8 nitrogen and oxygen atoms in total. The number of alkyl carbamates (subject to hydrolysis) is 1. The van der Waals surface area contributed by atoms with Crippen molar-refractivity contribution < 1.29 is 29.3 Å². The molecule has 2 aromatic rings. The van der Waals surface area contributed by atoms with E-state index in [1.165, 1.54) is 0 Å². The summed E-state index contributed by atoms with van der Waals surface area (Å²) in [4.78, 5) is 38.7. The minimum absolute atomic E-state index is 0.0285. The maximum atomic E-state index is 13.2. The summed E-state index contributed by atoms with van der Waals surface area (Å²) >= 11 is 0. The van der Waals surface area contributed by atoms with Gasteiger partial charge in [-0.05, 0) is 28.2 Å². The van der Waals surface area contributed by atoms with Gasteiger partial charge < -0.3 is 25.2 Å². The molecule has 4 atom stereocenters. The van der Waals surface area contributed by atoms with E-state index in [1.54, 1.807) is 0 Å². The topological polar surface area (TPSA) is 116 Å². The number of likely N-dealkylation sites (tertiary alicyclic amines) is 1. The number of carboxylic acids is 1. The van der Waals surface area contributed by atoms with Crippen LogP contribution >= 0.6 is 0 Å². The summed E-state index contributed by atoms with van der Waals surface area (Å²) in [5.41, 5.74) is 4.40. The van der Waals surface area contributed by atoms with Gasteiger partial charge in [-0.25, -0.2) is 9.59 Å². The highest BCUT2D eigenvalue weighted by atomic mass is 16.5. The number of benzene rings is 2. The van der Waals surface area contributed by atoms with Crippen molar-refractivity contribution >= 4 is 18.0 Å². The lowest BCUT2D eigenvalue weighted by molar-refractivity contribution is -0.149. The van der Waals surface area contributed by atoms with Crippen molar-refractivity contribution in [2.75, 3.05) is 13.2 Å². The minimum Gasteiger partial charge on any atom is -0.480 e. The second kappa shape index (κ2) is 9.85. The fourth-order valence-electron chi connectivity index (χ4n) is 4.92. The zero-order valence-corrected chi connectivity index (χ0v) is 19.3. The van der Waals surface area contributed by atoms with E-state index in [4.69, 9.17) is 4.74 Å². The molecular formula is C26H30N2O6. The molecule has 2 unspecified atom stereocenters. The third kappa shape index (κ3) is 4.50. The van der Waals surface area contributed by atoms with Crippen LogP contribution in [-0.4, -0.2) is 64.4 Å². The van der Waals surface area contributed by atoms with Crippen LogP contribution in [0.15, 0.2) is 48.5 Å². The molecule has 1 aliphatic carbocycles. The number of carbonyl (C=O) groups is 3. The van der Waals surface area contributed by atoms with Gasteiger partial charge in [-0.1, -0.05) is 68.8 Å². The zero-order chi connectivity index (χ0) is 24.4. The number of nitrogens with zero attached hydrogens (tertiary/aromatic N) is 1. The molecule has 8 heteroatoms. The Balaban J connectivity index is 1.46. The first kappa shape index (κ1) is 23.8. The SMILES string of the molecule is CCC(C)C(NC(=O)OCC1c2ccccc2-c2ccccc21)C(=O)N1C[C@@H](O)C[C@H]1C(=O)O. The number of hydrogen-bond donors (Lipinski definition) is 3. The standard InChI is InChI=1S/C26H30N2O6/c1-3-15(2)23(24(30)28-13-16(29)12-22(28)25(31)32)27-26(33)34-14-21-19-10-6-4-8-17(19)18-9-5-7-11-20(18)21/h4-11,15-16,21-23,29H,3,12-14H2,1-2H3,(H,27,33)(H,31,32)/t15?,16-,22-,23?/m0/s1. The number of aliphatic hydroxyl groups is 1. The van der Waals surface area contributed by atoms with Gasteiger partial charge in [0, 0.05) is 18.9 Å². The highest BCUT2D eigenvalue weighted by Crippen LogP contribution is 2.44. The van der Waals surface area contributed by atoms with Crippen LogP contribution in [0.25, 0.3) is 11.1 Å². The molecule has 3 N–H and O–H groups in total. The Morgan fingerprint density at radius 3 is 2.24 bits per heavy atom. The largest absolute Gasteiger partial charge is 0.480 e. The molecule has 0 bridgehead atoms. The average Bonchev–Trinajstić information content (AvgIpc) is 3.38. The monoisotopic (exact) mass is 466 g/mol. The molecule has 2 aromatic carbocycles. The molecule has 180 valence electrons. The van der Waals surface area contributed by atoms with Crippen LogP contribution in [0, 0.1) is 5.92 Å². The summed E-state index contributed by atoms with van der Waals surface area (Å²) in [7, 11) is 0. The molecule has 1 saturated heterocycles. The Bertz CT molecular complexity index is 1040. The number of hydrogen-bond acceptors (Lipinski definition) is 5. The zero-order valence-electron chi connectivity index (χ0n) is 19.3. The Morgan fingerprint density at radius 1 is 1.09 bits per heavy atom. The van der Waals surface area contributed by atoms with Crippen LogP contribution in [0.2, 0.25) is 0 Å². The maximum absolute atomic E-state index is 13.2. The molecule has 0 radical (unpaired) electrons. The van der Waals surface area contributed by atoms with E-state index in [-0.39, 0.29) is 31.4 Å². The molecule has 2 amide bonds. The van der Waals surface area contributed by atoms with Gasteiger partial charge in [0.1, 0.15) is 18.7 Å². The van der Waals surface area contributed by atoms with Crippen LogP contribution in [0.3, 0.4) is 0 Å². The number of rotatable bonds is 7. The summed E-state index contributed by atoms with van der Waals surface area (Å²) in [5, 5.41) is 22.0. The summed E-state index contributed by atoms with van der Waals surface area (Å²) in [6.45, 7) is 3.74. The number of nitrogens with one attached hydrogen (secondary N) is 1. The first-order valence-electron chi connectivity index (χ1n) is 11.6. The maximum Gasteiger partial charge on any atom is 0.407 e. The summed E-state index contributed by atoms with van der Waals surface area (Å²) in [6, 6.07) is 14.0. The molecule has 4 rings (SSSR count). The number of ether oxygens (including phenoxy) is 1. The molecule has 0 spiro atoms. The van der Waals surface area contributed by atoms with Crippen LogP contribution in [-0.2, 0) is 14.3 Å². The second-order valence-corrected chi connectivity index (χ2v) is 9.07. The fraction of sp³-hybridized carbons (Fsp3) is 0.423. The van der Waals surface area contributed by atoms with Crippen molar-refractivity contribution in [3.8, 4) is 11.1 Å². The molecule has 1 heterocycles. The van der Waals surface area contributed by atoms with Gasteiger partial charge in [0.2, 0.25) is 5.91 Å².